The van der Waals surface area contributed by atoms with Crippen molar-refractivity contribution in [3.8, 4) is 5.75 Å². The second kappa shape index (κ2) is 6.60. The number of aryl methyl sites for hydroxylation is 1. The number of hydrogen-bond acceptors (Lipinski definition) is 4. The Morgan fingerprint density at radius 2 is 1.86 bits per heavy atom. The zero-order valence-corrected chi connectivity index (χ0v) is 13.0. The number of nitrogens with zero attached hydrogens (tertiary/aromatic N) is 2. The molecular weight excluding hydrogens is 284 g/mol. The highest BCUT2D eigenvalue weighted by Crippen LogP contribution is 2.16. The Hall–Kier alpha value is -2.37. The van der Waals surface area contributed by atoms with E-state index in [0.29, 0.717) is 5.75 Å². The zero-order chi connectivity index (χ0) is 16.3. The Morgan fingerprint density at radius 1 is 1.14 bits per heavy atom. The highest BCUT2D eigenvalue weighted by molar-refractivity contribution is 6.44. The van der Waals surface area contributed by atoms with Gasteiger partial charge in [-0.2, -0.15) is 0 Å². The van der Waals surface area contributed by atoms with Crippen molar-refractivity contribution in [2.75, 3.05) is 13.2 Å². The molecule has 0 aromatic heterocycles. The highest BCUT2D eigenvalue weighted by Gasteiger charge is 2.45. The number of benzene rings is 1. The van der Waals surface area contributed by atoms with E-state index in [1.165, 1.54) is 0 Å². The second-order valence-electron chi connectivity index (χ2n) is 5.36. The zero-order valence-electron chi connectivity index (χ0n) is 13.0. The number of ether oxygens (including phenoxy) is 1. The number of carbonyl (C=O) groups is 3. The van der Waals surface area contributed by atoms with Gasteiger partial charge in [-0.15, -0.1) is 0 Å². The summed E-state index contributed by atoms with van der Waals surface area (Å²) in [5, 5.41) is 0. The average molecular weight is 304 g/mol. The molecule has 0 radical (unpaired) electrons. The summed E-state index contributed by atoms with van der Waals surface area (Å²) < 4.78 is 5.56. The van der Waals surface area contributed by atoms with Crippen LogP contribution in [-0.4, -0.2) is 46.8 Å². The van der Waals surface area contributed by atoms with Crippen LogP contribution in [0.2, 0.25) is 0 Å². The molecule has 4 amide bonds. The number of imide groups is 2. The highest BCUT2D eigenvalue weighted by atomic mass is 16.5. The third kappa shape index (κ3) is 3.10. The smallest absolute Gasteiger partial charge is 0.334 e. The van der Waals surface area contributed by atoms with Crippen molar-refractivity contribution in [2.24, 2.45) is 0 Å². The van der Waals surface area contributed by atoms with Gasteiger partial charge in [-0.25, -0.2) is 4.79 Å². The van der Waals surface area contributed by atoms with Crippen LogP contribution in [0.15, 0.2) is 24.3 Å². The lowest BCUT2D eigenvalue weighted by Crippen LogP contribution is -2.39. The van der Waals surface area contributed by atoms with Gasteiger partial charge in [0.2, 0.25) is 0 Å². The maximum absolute atomic E-state index is 12.1. The molecule has 0 bridgehead atoms. The van der Waals surface area contributed by atoms with Gasteiger partial charge in [-0.1, -0.05) is 19.1 Å². The largest absolute Gasteiger partial charge is 0.492 e. The van der Waals surface area contributed by atoms with Gasteiger partial charge in [0, 0.05) is 6.04 Å². The monoisotopic (exact) mass is 304 g/mol. The van der Waals surface area contributed by atoms with Crippen molar-refractivity contribution < 1.29 is 19.1 Å². The van der Waals surface area contributed by atoms with Crippen LogP contribution < -0.4 is 4.74 Å². The summed E-state index contributed by atoms with van der Waals surface area (Å²) in [7, 11) is 0. The van der Waals surface area contributed by atoms with Gasteiger partial charge in [-0.05, 0) is 38.0 Å². The summed E-state index contributed by atoms with van der Waals surface area (Å²) >= 11 is 0. The molecule has 0 N–H and O–H groups in total. The van der Waals surface area contributed by atoms with E-state index in [2.05, 4.69) is 0 Å². The number of amides is 4. The quantitative estimate of drug-likeness (QED) is 0.594. The van der Waals surface area contributed by atoms with Gasteiger partial charge < -0.3 is 4.74 Å². The van der Waals surface area contributed by atoms with Crippen molar-refractivity contribution in [2.45, 2.75) is 33.2 Å². The Balaban J connectivity index is 1.95. The normalized spacial score (nSPS) is 15.2. The molecule has 1 heterocycles. The minimum absolute atomic E-state index is 0.0585. The summed E-state index contributed by atoms with van der Waals surface area (Å²) in [5.41, 5.74) is 1.15. The molecular formula is C16H20N2O4. The number of urea groups is 1. The molecule has 0 aliphatic carbocycles. The van der Waals surface area contributed by atoms with Crippen molar-refractivity contribution in [3.63, 3.8) is 0 Å². The predicted octanol–water partition coefficient (Wildman–Crippen LogP) is 1.83. The topological polar surface area (TPSA) is 66.9 Å². The van der Waals surface area contributed by atoms with Crippen molar-refractivity contribution in [1.29, 1.82) is 0 Å². The average Bonchev–Trinajstić information content (AvgIpc) is 2.71. The molecule has 1 saturated heterocycles. The van der Waals surface area contributed by atoms with Gasteiger partial charge in [0.25, 0.3) is 0 Å². The third-order valence-electron chi connectivity index (χ3n) is 3.49. The Bertz CT molecular complexity index is 598. The summed E-state index contributed by atoms with van der Waals surface area (Å²) in [5.74, 6) is -0.872. The lowest BCUT2D eigenvalue weighted by Gasteiger charge is -2.18. The molecule has 1 aliphatic heterocycles. The molecule has 0 saturated carbocycles. The van der Waals surface area contributed by atoms with Crippen LogP contribution in [-0.2, 0) is 16.0 Å². The summed E-state index contributed by atoms with van der Waals surface area (Å²) in [6.45, 7) is 5.65. The first kappa shape index (κ1) is 16.0. The van der Waals surface area contributed by atoms with Gasteiger partial charge in [0.15, 0.2) is 0 Å². The van der Waals surface area contributed by atoms with Gasteiger partial charge >= 0.3 is 17.8 Å². The first-order chi connectivity index (χ1) is 10.5. The Kier molecular flexibility index (Phi) is 4.80. The fourth-order valence-corrected chi connectivity index (χ4v) is 2.28. The van der Waals surface area contributed by atoms with Crippen LogP contribution in [0.25, 0.3) is 0 Å². The van der Waals surface area contributed by atoms with Gasteiger partial charge in [0.05, 0.1) is 6.54 Å². The molecule has 118 valence electrons. The summed E-state index contributed by atoms with van der Waals surface area (Å²) in [6.07, 6.45) is 0.901. The van der Waals surface area contributed by atoms with Gasteiger partial charge in [-0.3, -0.25) is 19.4 Å². The predicted molar refractivity (Wildman–Crippen MR) is 80.4 cm³/mol. The second-order valence-corrected chi connectivity index (χ2v) is 5.36. The SMILES string of the molecule is CCc1cccc(OCCN2C(=O)C(=O)N(C(C)C)C2=O)c1. The fourth-order valence-electron chi connectivity index (χ4n) is 2.28. The van der Waals surface area contributed by atoms with Crippen LogP contribution in [0.4, 0.5) is 4.79 Å². The van der Waals surface area contributed by atoms with Crippen molar-refractivity contribution in [1.82, 2.24) is 9.80 Å². The van der Waals surface area contributed by atoms with E-state index in [-0.39, 0.29) is 19.2 Å². The molecule has 1 aromatic carbocycles. The lowest BCUT2D eigenvalue weighted by atomic mass is 10.2. The van der Waals surface area contributed by atoms with E-state index in [1.807, 2.05) is 31.2 Å². The molecule has 6 heteroatoms. The van der Waals surface area contributed by atoms with Crippen molar-refractivity contribution in [3.05, 3.63) is 29.8 Å². The number of rotatable bonds is 6. The maximum Gasteiger partial charge on any atom is 0.334 e. The minimum atomic E-state index is -0.787. The molecule has 0 spiro atoms. The molecule has 0 unspecified atom stereocenters. The molecule has 0 atom stereocenters. The van der Waals surface area contributed by atoms with Gasteiger partial charge in [0.1, 0.15) is 12.4 Å². The van der Waals surface area contributed by atoms with Crippen molar-refractivity contribution >= 4 is 17.8 Å². The first-order valence-electron chi connectivity index (χ1n) is 7.36. The third-order valence-corrected chi connectivity index (χ3v) is 3.49. The minimum Gasteiger partial charge on any atom is -0.492 e. The first-order valence-corrected chi connectivity index (χ1v) is 7.36. The van der Waals surface area contributed by atoms with Crippen LogP contribution in [0, 0.1) is 0 Å². The lowest BCUT2D eigenvalue weighted by molar-refractivity contribution is -0.143. The molecule has 2 rings (SSSR count). The van der Waals surface area contributed by atoms with E-state index in [9.17, 15) is 14.4 Å². The van der Waals surface area contributed by atoms with Crippen LogP contribution in [0.1, 0.15) is 26.3 Å². The van der Waals surface area contributed by atoms with E-state index in [0.717, 1.165) is 21.8 Å². The summed E-state index contributed by atoms with van der Waals surface area (Å²) in [6, 6.07) is 6.72. The Labute approximate surface area is 129 Å². The van der Waals surface area contributed by atoms with E-state index in [4.69, 9.17) is 4.74 Å². The summed E-state index contributed by atoms with van der Waals surface area (Å²) in [4.78, 5) is 37.6. The van der Waals surface area contributed by atoms with Crippen LogP contribution in [0.3, 0.4) is 0 Å². The van der Waals surface area contributed by atoms with E-state index in [1.54, 1.807) is 13.8 Å². The fraction of sp³-hybridized carbons (Fsp3) is 0.438. The Morgan fingerprint density at radius 3 is 2.45 bits per heavy atom. The maximum atomic E-state index is 12.1. The number of carbonyl (C=O) groups excluding carboxylic acids is 3. The van der Waals surface area contributed by atoms with Crippen LogP contribution in [0.5, 0.6) is 5.75 Å². The van der Waals surface area contributed by atoms with Crippen LogP contribution >= 0.6 is 0 Å². The van der Waals surface area contributed by atoms with E-state index >= 15 is 0 Å². The van der Waals surface area contributed by atoms with E-state index < -0.39 is 17.8 Å². The molecule has 1 aliphatic rings. The number of hydrogen-bond donors (Lipinski definition) is 0. The molecule has 22 heavy (non-hydrogen) atoms. The molecule has 1 aromatic rings. The molecule has 6 nitrogen and oxygen atoms in total. The molecule has 1 fully saturated rings. The standard InChI is InChI=1S/C16H20N2O4/c1-4-12-6-5-7-13(10-12)22-9-8-17-14(19)15(20)18(11(2)3)16(17)21/h5-7,10-11H,4,8-9H2,1-3H3.